The van der Waals surface area contributed by atoms with Crippen LogP contribution in [0.15, 0.2) is 48.8 Å². The van der Waals surface area contributed by atoms with Gasteiger partial charge in [0.05, 0.1) is 12.0 Å². The molecule has 3 aromatic rings. The van der Waals surface area contributed by atoms with Gasteiger partial charge >= 0.3 is 5.97 Å². The smallest absolute Gasteiger partial charge is 0.308 e. The SMILES string of the molecule is Cc1c(C#N)c(NC(=O)COC(=O)CCNc2ncccn2)n(Cc2ccccc2)c1C. The lowest BCUT2D eigenvalue weighted by Gasteiger charge is -2.13. The van der Waals surface area contributed by atoms with Crippen molar-refractivity contribution in [2.75, 3.05) is 23.8 Å². The number of rotatable bonds is 9. The Morgan fingerprint density at radius 2 is 1.84 bits per heavy atom. The number of carbonyl (C=O) groups is 2. The molecule has 0 aliphatic heterocycles. The second kappa shape index (κ2) is 10.7. The lowest BCUT2D eigenvalue weighted by Crippen LogP contribution is -2.24. The number of benzene rings is 1. The highest BCUT2D eigenvalue weighted by atomic mass is 16.5. The summed E-state index contributed by atoms with van der Waals surface area (Å²) in [6.07, 6.45) is 3.23. The lowest BCUT2D eigenvalue weighted by atomic mass is 10.2. The maximum Gasteiger partial charge on any atom is 0.308 e. The van der Waals surface area contributed by atoms with Crippen molar-refractivity contribution in [1.29, 1.82) is 5.26 Å². The largest absolute Gasteiger partial charge is 0.456 e. The fraction of sp³-hybridized carbons (Fsp3) is 0.261. The van der Waals surface area contributed by atoms with E-state index < -0.39 is 18.5 Å². The number of nitrogens with one attached hydrogen (secondary N) is 2. The first kappa shape index (κ1) is 22.5. The van der Waals surface area contributed by atoms with E-state index in [-0.39, 0.29) is 13.0 Å². The Hall–Kier alpha value is -4.19. The number of esters is 1. The number of aromatic nitrogens is 3. The summed E-state index contributed by atoms with van der Waals surface area (Å²) in [6, 6.07) is 13.6. The highest BCUT2D eigenvalue weighted by Gasteiger charge is 2.20. The van der Waals surface area contributed by atoms with Gasteiger partial charge in [0, 0.05) is 31.2 Å². The first-order valence-electron chi connectivity index (χ1n) is 10.1. The molecule has 1 amide bonds. The molecule has 0 aliphatic carbocycles. The van der Waals surface area contributed by atoms with Crippen LogP contribution in [-0.2, 0) is 20.9 Å². The van der Waals surface area contributed by atoms with Gasteiger partial charge in [-0.15, -0.1) is 0 Å². The van der Waals surface area contributed by atoms with E-state index in [1.165, 1.54) is 0 Å². The summed E-state index contributed by atoms with van der Waals surface area (Å²) < 4.78 is 6.94. The zero-order valence-corrected chi connectivity index (χ0v) is 18.0. The van der Waals surface area contributed by atoms with E-state index in [9.17, 15) is 14.9 Å². The van der Waals surface area contributed by atoms with Gasteiger partial charge in [0.2, 0.25) is 5.95 Å². The van der Waals surface area contributed by atoms with Gasteiger partial charge in [-0.1, -0.05) is 30.3 Å². The number of amides is 1. The van der Waals surface area contributed by atoms with Crippen molar-refractivity contribution in [2.24, 2.45) is 0 Å². The number of hydrogen-bond acceptors (Lipinski definition) is 7. The molecule has 0 saturated heterocycles. The maximum atomic E-state index is 12.5. The summed E-state index contributed by atoms with van der Waals surface area (Å²) in [7, 11) is 0. The zero-order valence-electron chi connectivity index (χ0n) is 18.0. The highest BCUT2D eigenvalue weighted by Crippen LogP contribution is 2.27. The van der Waals surface area contributed by atoms with Crippen LogP contribution < -0.4 is 10.6 Å². The van der Waals surface area contributed by atoms with Crippen molar-refractivity contribution in [3.63, 3.8) is 0 Å². The number of hydrogen-bond donors (Lipinski definition) is 2. The molecule has 2 N–H and O–H groups in total. The van der Waals surface area contributed by atoms with Crippen molar-refractivity contribution in [2.45, 2.75) is 26.8 Å². The van der Waals surface area contributed by atoms with E-state index >= 15 is 0 Å². The molecule has 0 fully saturated rings. The second-order valence-corrected chi connectivity index (χ2v) is 7.08. The van der Waals surface area contributed by atoms with Crippen molar-refractivity contribution < 1.29 is 14.3 Å². The highest BCUT2D eigenvalue weighted by molar-refractivity contribution is 5.93. The molecule has 9 nitrogen and oxygen atoms in total. The van der Waals surface area contributed by atoms with Gasteiger partial charge in [0.1, 0.15) is 11.9 Å². The minimum absolute atomic E-state index is 0.0532. The van der Waals surface area contributed by atoms with Gasteiger partial charge in [-0.3, -0.25) is 9.59 Å². The summed E-state index contributed by atoms with van der Waals surface area (Å²) in [5.41, 5.74) is 3.11. The standard InChI is InChI=1S/C23H24N6O3/c1-16-17(2)29(14-18-7-4-3-5-8-18)22(19(16)13-24)28-20(30)15-32-21(31)9-12-27-23-25-10-6-11-26-23/h3-8,10-11H,9,12,14-15H2,1-2H3,(H,28,30)(H,25,26,27). The molecule has 1 aromatic carbocycles. The molecule has 0 radical (unpaired) electrons. The molecule has 0 atom stereocenters. The van der Waals surface area contributed by atoms with Crippen LogP contribution in [0.3, 0.4) is 0 Å². The number of nitrogens with zero attached hydrogens (tertiary/aromatic N) is 4. The van der Waals surface area contributed by atoms with E-state index in [2.05, 4.69) is 26.7 Å². The quantitative estimate of drug-likeness (QED) is 0.499. The number of nitriles is 1. The Morgan fingerprint density at radius 3 is 2.53 bits per heavy atom. The zero-order chi connectivity index (χ0) is 22.9. The van der Waals surface area contributed by atoms with E-state index in [1.807, 2.05) is 48.7 Å². The van der Waals surface area contributed by atoms with Gasteiger partial charge in [-0.05, 0) is 31.0 Å². The van der Waals surface area contributed by atoms with E-state index in [0.29, 0.717) is 23.9 Å². The molecule has 0 bridgehead atoms. The topological polar surface area (TPSA) is 122 Å². The Balaban J connectivity index is 1.58. The van der Waals surface area contributed by atoms with Crippen LogP contribution in [-0.4, -0.2) is 39.6 Å². The van der Waals surface area contributed by atoms with E-state index in [4.69, 9.17) is 4.74 Å². The summed E-state index contributed by atoms with van der Waals surface area (Å²) in [6.45, 7) is 4.08. The summed E-state index contributed by atoms with van der Waals surface area (Å²) >= 11 is 0. The van der Waals surface area contributed by atoms with Crippen LogP contribution in [0.1, 0.15) is 28.8 Å². The molecule has 0 aliphatic rings. The predicted octanol–water partition coefficient (Wildman–Crippen LogP) is 2.80. The molecule has 0 saturated carbocycles. The van der Waals surface area contributed by atoms with Crippen LogP contribution >= 0.6 is 0 Å². The van der Waals surface area contributed by atoms with Crippen molar-refractivity contribution in [3.05, 3.63) is 71.2 Å². The normalized spacial score (nSPS) is 10.3. The van der Waals surface area contributed by atoms with Crippen LogP contribution in [0, 0.1) is 25.2 Å². The second-order valence-electron chi connectivity index (χ2n) is 7.08. The third-order valence-electron chi connectivity index (χ3n) is 4.92. The molecular weight excluding hydrogens is 408 g/mol. The minimum atomic E-state index is -0.531. The first-order valence-corrected chi connectivity index (χ1v) is 10.1. The monoisotopic (exact) mass is 432 g/mol. The van der Waals surface area contributed by atoms with Crippen molar-refractivity contribution in [3.8, 4) is 6.07 Å². The molecule has 2 aromatic heterocycles. The Bertz CT molecular complexity index is 1120. The van der Waals surface area contributed by atoms with E-state index in [0.717, 1.165) is 16.8 Å². The Labute approximate surface area is 186 Å². The van der Waals surface area contributed by atoms with Crippen molar-refractivity contribution >= 4 is 23.6 Å². The maximum absolute atomic E-state index is 12.5. The van der Waals surface area contributed by atoms with Gasteiger partial charge in [0.15, 0.2) is 6.61 Å². The summed E-state index contributed by atoms with van der Waals surface area (Å²) in [4.78, 5) is 32.4. The molecule has 32 heavy (non-hydrogen) atoms. The average molecular weight is 432 g/mol. The minimum Gasteiger partial charge on any atom is -0.456 e. The number of carbonyl (C=O) groups excluding carboxylic acids is 2. The third-order valence-corrected chi connectivity index (χ3v) is 4.92. The van der Waals surface area contributed by atoms with Crippen LogP contribution in [0.2, 0.25) is 0 Å². The van der Waals surface area contributed by atoms with Gasteiger partial charge < -0.3 is 19.9 Å². The first-order chi connectivity index (χ1) is 15.5. The predicted molar refractivity (Wildman–Crippen MR) is 119 cm³/mol. The molecule has 2 heterocycles. The molecule has 0 spiro atoms. The van der Waals surface area contributed by atoms with Crippen LogP contribution in [0.4, 0.5) is 11.8 Å². The molecule has 3 rings (SSSR count). The third kappa shape index (κ3) is 5.70. The van der Waals surface area contributed by atoms with E-state index in [1.54, 1.807) is 18.5 Å². The van der Waals surface area contributed by atoms with Crippen LogP contribution in [0.25, 0.3) is 0 Å². The number of anilines is 2. The van der Waals surface area contributed by atoms with Gasteiger partial charge in [-0.2, -0.15) is 5.26 Å². The average Bonchev–Trinajstić information content (AvgIpc) is 3.02. The molecular formula is C23H24N6O3. The summed E-state index contributed by atoms with van der Waals surface area (Å²) in [5.74, 6) is -0.237. The van der Waals surface area contributed by atoms with Crippen molar-refractivity contribution in [1.82, 2.24) is 14.5 Å². The molecule has 0 unspecified atom stereocenters. The Kier molecular flexibility index (Phi) is 7.54. The van der Waals surface area contributed by atoms with Crippen LogP contribution in [0.5, 0.6) is 0 Å². The molecule has 164 valence electrons. The Morgan fingerprint density at radius 1 is 1.12 bits per heavy atom. The lowest BCUT2D eigenvalue weighted by molar-refractivity contribution is -0.147. The molecule has 9 heteroatoms. The van der Waals surface area contributed by atoms with Gasteiger partial charge in [-0.25, -0.2) is 9.97 Å². The number of ether oxygens (including phenoxy) is 1. The summed E-state index contributed by atoms with van der Waals surface area (Å²) in [5, 5.41) is 15.2. The fourth-order valence-corrected chi connectivity index (χ4v) is 3.15. The van der Waals surface area contributed by atoms with Gasteiger partial charge in [0.25, 0.3) is 5.91 Å². The fourth-order valence-electron chi connectivity index (χ4n) is 3.15.